The number of nitrogens with two attached hydrogens (primary N) is 2. The number of nitrogens with zero attached hydrogens (tertiary/aromatic N) is 3. The third-order valence-electron chi connectivity index (χ3n) is 4.22. The van der Waals surface area contributed by atoms with E-state index in [1.165, 1.54) is 27.5 Å². The average Bonchev–Trinajstić information content (AvgIpc) is 3.04. The topological polar surface area (TPSA) is 81.1 Å². The molecular formula is C17H19N5S2. The van der Waals surface area contributed by atoms with Crippen molar-refractivity contribution in [3.63, 3.8) is 0 Å². The molecule has 0 fully saturated rings. The van der Waals surface area contributed by atoms with E-state index >= 15 is 0 Å². The lowest BCUT2D eigenvalue weighted by atomic mass is 10.2. The molecule has 0 amide bonds. The molecule has 1 aromatic carbocycles. The fourth-order valence-electron chi connectivity index (χ4n) is 3.01. The van der Waals surface area contributed by atoms with Crippen LogP contribution in [0.4, 0.5) is 10.3 Å². The van der Waals surface area contributed by atoms with Crippen molar-refractivity contribution in [2.24, 2.45) is 0 Å². The molecule has 0 atom stereocenters. The molecule has 0 aliphatic carbocycles. The Labute approximate surface area is 148 Å². The number of fused-ring (bicyclic) bond motifs is 2. The van der Waals surface area contributed by atoms with Crippen molar-refractivity contribution in [2.75, 3.05) is 31.1 Å². The van der Waals surface area contributed by atoms with E-state index in [0.29, 0.717) is 10.3 Å². The van der Waals surface area contributed by atoms with Gasteiger partial charge in [-0.25, -0.2) is 9.97 Å². The van der Waals surface area contributed by atoms with Gasteiger partial charge in [-0.05, 0) is 24.1 Å². The molecular weight excluding hydrogens is 338 g/mol. The molecule has 124 valence electrons. The Morgan fingerprint density at radius 1 is 1.08 bits per heavy atom. The maximum Gasteiger partial charge on any atom is 0.181 e. The first kappa shape index (κ1) is 15.6. The van der Waals surface area contributed by atoms with Gasteiger partial charge < -0.3 is 11.5 Å². The monoisotopic (exact) mass is 357 g/mol. The molecule has 0 saturated carbocycles. The fourth-order valence-corrected chi connectivity index (χ4v) is 4.66. The zero-order chi connectivity index (χ0) is 16.5. The van der Waals surface area contributed by atoms with E-state index < -0.39 is 0 Å². The van der Waals surface area contributed by atoms with E-state index in [4.69, 9.17) is 11.5 Å². The molecule has 5 nitrogen and oxygen atoms in total. The minimum absolute atomic E-state index is 0.623. The van der Waals surface area contributed by atoms with Crippen molar-refractivity contribution in [1.29, 1.82) is 0 Å². The SMILES string of the molecule is Nc1nc2c(s1)CCN(CC=Cc1ccc3nc(N)sc3c1)CC2. The number of thiazole rings is 2. The van der Waals surface area contributed by atoms with Gasteiger partial charge >= 0.3 is 0 Å². The largest absolute Gasteiger partial charge is 0.375 e. The van der Waals surface area contributed by atoms with E-state index in [0.717, 1.165) is 42.7 Å². The summed E-state index contributed by atoms with van der Waals surface area (Å²) in [5.74, 6) is 0. The molecule has 0 radical (unpaired) electrons. The van der Waals surface area contributed by atoms with Crippen LogP contribution in [0.3, 0.4) is 0 Å². The highest BCUT2D eigenvalue weighted by Crippen LogP contribution is 2.25. The molecule has 1 aliphatic rings. The lowest BCUT2D eigenvalue weighted by Gasteiger charge is -2.17. The van der Waals surface area contributed by atoms with Gasteiger partial charge in [-0.15, -0.1) is 11.3 Å². The van der Waals surface area contributed by atoms with Crippen molar-refractivity contribution < 1.29 is 0 Å². The van der Waals surface area contributed by atoms with Gasteiger partial charge in [-0.3, -0.25) is 4.90 Å². The van der Waals surface area contributed by atoms with E-state index in [1.807, 2.05) is 6.07 Å². The molecule has 0 unspecified atom stereocenters. The number of nitrogen functional groups attached to an aromatic ring is 2. The highest BCUT2D eigenvalue weighted by molar-refractivity contribution is 7.22. The summed E-state index contributed by atoms with van der Waals surface area (Å²) in [6.45, 7) is 3.04. The number of anilines is 2. The van der Waals surface area contributed by atoms with E-state index in [1.54, 1.807) is 11.3 Å². The van der Waals surface area contributed by atoms with E-state index in [2.05, 4.69) is 39.2 Å². The summed E-state index contributed by atoms with van der Waals surface area (Å²) in [5, 5.41) is 1.32. The third kappa shape index (κ3) is 3.28. The summed E-state index contributed by atoms with van der Waals surface area (Å²) in [6.07, 6.45) is 6.44. The van der Waals surface area contributed by atoms with Gasteiger partial charge in [0.15, 0.2) is 10.3 Å². The Kier molecular flexibility index (Phi) is 4.22. The average molecular weight is 358 g/mol. The second-order valence-corrected chi connectivity index (χ2v) is 8.08. The summed E-state index contributed by atoms with van der Waals surface area (Å²) in [6, 6.07) is 6.26. The minimum atomic E-state index is 0.623. The predicted octanol–water partition coefficient (Wildman–Crippen LogP) is 3.03. The summed E-state index contributed by atoms with van der Waals surface area (Å²) in [4.78, 5) is 12.5. The van der Waals surface area contributed by atoms with Crippen LogP contribution >= 0.6 is 22.7 Å². The summed E-state index contributed by atoms with van der Waals surface area (Å²) >= 11 is 3.17. The molecule has 3 heterocycles. The van der Waals surface area contributed by atoms with Crippen LogP contribution in [0.15, 0.2) is 24.3 Å². The van der Waals surface area contributed by atoms with Crippen LogP contribution in [-0.4, -0.2) is 34.5 Å². The normalized spacial score (nSPS) is 15.8. The lowest BCUT2D eigenvalue weighted by molar-refractivity contribution is 0.318. The Bertz CT molecular complexity index is 870. The van der Waals surface area contributed by atoms with Gasteiger partial charge in [0.25, 0.3) is 0 Å². The molecule has 4 N–H and O–H groups in total. The first-order chi connectivity index (χ1) is 11.7. The first-order valence-electron chi connectivity index (χ1n) is 7.96. The quantitative estimate of drug-likeness (QED) is 0.753. The van der Waals surface area contributed by atoms with Crippen LogP contribution in [0, 0.1) is 0 Å². The van der Waals surface area contributed by atoms with Crippen molar-refractivity contribution in [3.05, 3.63) is 40.4 Å². The smallest absolute Gasteiger partial charge is 0.181 e. The van der Waals surface area contributed by atoms with Crippen LogP contribution < -0.4 is 11.5 Å². The van der Waals surface area contributed by atoms with Gasteiger partial charge in [-0.1, -0.05) is 29.6 Å². The van der Waals surface area contributed by atoms with Gasteiger partial charge in [0.2, 0.25) is 0 Å². The molecule has 0 saturated heterocycles. The van der Waals surface area contributed by atoms with Gasteiger partial charge in [0, 0.05) is 30.9 Å². The summed E-state index contributed by atoms with van der Waals surface area (Å²) in [7, 11) is 0. The van der Waals surface area contributed by atoms with E-state index in [-0.39, 0.29) is 0 Å². The Morgan fingerprint density at radius 3 is 2.83 bits per heavy atom. The maximum atomic E-state index is 5.80. The number of hydrogen-bond acceptors (Lipinski definition) is 7. The predicted molar refractivity (Wildman–Crippen MR) is 103 cm³/mol. The van der Waals surface area contributed by atoms with E-state index in [9.17, 15) is 0 Å². The minimum Gasteiger partial charge on any atom is -0.375 e. The molecule has 24 heavy (non-hydrogen) atoms. The maximum absolute atomic E-state index is 5.80. The number of benzene rings is 1. The van der Waals surface area contributed by atoms with Gasteiger partial charge in [0.1, 0.15) is 0 Å². The number of hydrogen-bond donors (Lipinski definition) is 2. The van der Waals surface area contributed by atoms with Crippen LogP contribution in [-0.2, 0) is 12.8 Å². The molecule has 7 heteroatoms. The second-order valence-electron chi connectivity index (χ2n) is 5.90. The molecule has 4 rings (SSSR count). The Hall–Kier alpha value is -1.96. The standard InChI is InChI=1S/C17H19N5S2/c18-16-21-13-5-8-22(9-6-14(13)23-16)7-1-2-11-3-4-12-15(10-11)24-17(19)20-12/h1-4,10H,5-9H2,(H2,18,21)(H2,19,20). The van der Waals surface area contributed by atoms with Crippen molar-refractivity contribution >= 4 is 49.2 Å². The highest BCUT2D eigenvalue weighted by Gasteiger charge is 2.16. The molecule has 0 spiro atoms. The zero-order valence-corrected chi connectivity index (χ0v) is 14.9. The van der Waals surface area contributed by atoms with Crippen molar-refractivity contribution in [3.8, 4) is 0 Å². The molecule has 2 aromatic heterocycles. The fraction of sp³-hybridized carbons (Fsp3) is 0.294. The third-order valence-corrected chi connectivity index (χ3v) is 6.05. The van der Waals surface area contributed by atoms with Gasteiger partial charge in [-0.2, -0.15) is 0 Å². The summed E-state index contributed by atoms with van der Waals surface area (Å²) < 4.78 is 1.14. The van der Waals surface area contributed by atoms with Crippen LogP contribution in [0.5, 0.6) is 0 Å². The highest BCUT2D eigenvalue weighted by atomic mass is 32.1. The first-order valence-corrected chi connectivity index (χ1v) is 9.60. The number of aromatic nitrogens is 2. The molecule has 1 aliphatic heterocycles. The summed E-state index contributed by atoms with van der Waals surface area (Å²) in [5.41, 5.74) is 14.9. The Morgan fingerprint density at radius 2 is 1.92 bits per heavy atom. The molecule has 3 aromatic rings. The second kappa shape index (κ2) is 6.51. The number of rotatable bonds is 3. The van der Waals surface area contributed by atoms with Crippen molar-refractivity contribution in [2.45, 2.75) is 12.8 Å². The van der Waals surface area contributed by atoms with Gasteiger partial charge in [0.05, 0.1) is 15.9 Å². The zero-order valence-electron chi connectivity index (χ0n) is 13.2. The van der Waals surface area contributed by atoms with Crippen molar-refractivity contribution in [1.82, 2.24) is 14.9 Å². The molecule has 0 bridgehead atoms. The Balaban J connectivity index is 1.39. The van der Waals surface area contributed by atoms with Crippen LogP contribution in [0.2, 0.25) is 0 Å². The van der Waals surface area contributed by atoms with Crippen LogP contribution in [0.1, 0.15) is 16.1 Å². The van der Waals surface area contributed by atoms with Crippen LogP contribution in [0.25, 0.3) is 16.3 Å². The lowest BCUT2D eigenvalue weighted by Crippen LogP contribution is -2.26.